The van der Waals surface area contributed by atoms with Crippen LogP contribution in [-0.2, 0) is 9.53 Å². The van der Waals surface area contributed by atoms with E-state index in [0.29, 0.717) is 12.2 Å². The van der Waals surface area contributed by atoms with Gasteiger partial charge >= 0.3 is 5.97 Å². The number of rotatable bonds is 6. The molecule has 0 unspecified atom stereocenters. The summed E-state index contributed by atoms with van der Waals surface area (Å²) >= 11 is 0. The van der Waals surface area contributed by atoms with Gasteiger partial charge in [-0.15, -0.1) is 0 Å². The molecule has 0 spiro atoms. The van der Waals surface area contributed by atoms with Crippen molar-refractivity contribution < 1.29 is 9.53 Å². The van der Waals surface area contributed by atoms with E-state index in [-0.39, 0.29) is 12.5 Å². The van der Waals surface area contributed by atoms with Crippen molar-refractivity contribution in [1.29, 1.82) is 5.26 Å². The molecule has 0 aliphatic rings. The molecule has 0 saturated heterocycles. The van der Waals surface area contributed by atoms with Crippen LogP contribution >= 0.6 is 0 Å². The molecule has 2 rings (SSSR count). The third kappa shape index (κ3) is 4.72. The Morgan fingerprint density at radius 1 is 1.13 bits per heavy atom. The summed E-state index contributed by atoms with van der Waals surface area (Å²) in [6, 6.07) is 21.0. The number of allylic oxidation sites excluding steroid dienone is 1. The van der Waals surface area contributed by atoms with Gasteiger partial charge in [-0.1, -0.05) is 48.5 Å². The first-order chi connectivity index (χ1) is 11.2. The number of para-hydroxylation sites is 1. The Bertz CT molecular complexity index is 703. The van der Waals surface area contributed by atoms with E-state index in [1.807, 2.05) is 60.7 Å². The first kappa shape index (κ1) is 16.3. The van der Waals surface area contributed by atoms with E-state index < -0.39 is 0 Å². The van der Waals surface area contributed by atoms with Crippen molar-refractivity contribution in [3.8, 4) is 6.07 Å². The number of nitrogens with zero attached hydrogens (tertiary/aromatic N) is 2. The highest BCUT2D eigenvalue weighted by atomic mass is 16.5. The average molecular weight is 306 g/mol. The SMILES string of the molecule is CCOC(=O)CN(C=C(C#N)c1ccccc1)c1ccccc1. The minimum atomic E-state index is -0.335. The average Bonchev–Trinajstić information content (AvgIpc) is 2.60. The van der Waals surface area contributed by atoms with Gasteiger partial charge in [0.25, 0.3) is 0 Å². The molecule has 0 fully saturated rings. The predicted octanol–water partition coefficient (Wildman–Crippen LogP) is 3.62. The number of benzene rings is 2. The van der Waals surface area contributed by atoms with E-state index in [9.17, 15) is 10.1 Å². The van der Waals surface area contributed by atoms with Gasteiger partial charge in [-0.2, -0.15) is 5.26 Å². The molecule has 0 saturated carbocycles. The summed E-state index contributed by atoms with van der Waals surface area (Å²) in [7, 11) is 0. The molecule has 2 aromatic carbocycles. The standard InChI is InChI=1S/C19H18N2O2/c1-2-23-19(22)15-21(18-11-7-4-8-12-18)14-17(13-20)16-9-5-3-6-10-16/h3-12,14H,2,15H2,1H3. The second-order valence-corrected chi connectivity index (χ2v) is 4.79. The smallest absolute Gasteiger partial charge is 0.325 e. The fourth-order valence-corrected chi connectivity index (χ4v) is 2.12. The number of nitriles is 1. The van der Waals surface area contributed by atoms with Gasteiger partial charge in [0.1, 0.15) is 12.6 Å². The maximum Gasteiger partial charge on any atom is 0.325 e. The molecule has 0 aliphatic carbocycles. The van der Waals surface area contributed by atoms with Crippen LogP contribution in [-0.4, -0.2) is 19.1 Å². The van der Waals surface area contributed by atoms with E-state index in [1.54, 1.807) is 18.0 Å². The van der Waals surface area contributed by atoms with E-state index >= 15 is 0 Å². The summed E-state index contributed by atoms with van der Waals surface area (Å²) in [5, 5.41) is 9.45. The van der Waals surface area contributed by atoms with Crippen LogP contribution in [0.1, 0.15) is 12.5 Å². The molecule has 0 bridgehead atoms. The summed E-state index contributed by atoms with van der Waals surface area (Å²) in [5.74, 6) is -0.335. The van der Waals surface area contributed by atoms with Crippen molar-refractivity contribution in [3.63, 3.8) is 0 Å². The van der Waals surface area contributed by atoms with Crippen molar-refractivity contribution in [2.75, 3.05) is 18.1 Å². The Morgan fingerprint density at radius 2 is 1.74 bits per heavy atom. The zero-order valence-electron chi connectivity index (χ0n) is 13.0. The summed E-state index contributed by atoms with van der Waals surface area (Å²) in [5.41, 5.74) is 2.11. The summed E-state index contributed by atoms with van der Waals surface area (Å²) in [4.78, 5) is 13.6. The molecule has 0 N–H and O–H groups in total. The van der Waals surface area contributed by atoms with Gasteiger partial charge < -0.3 is 9.64 Å². The van der Waals surface area contributed by atoms with E-state index in [0.717, 1.165) is 11.3 Å². The molecule has 0 heterocycles. The van der Waals surface area contributed by atoms with Crippen molar-refractivity contribution in [2.45, 2.75) is 6.92 Å². The molecular weight excluding hydrogens is 288 g/mol. The van der Waals surface area contributed by atoms with Gasteiger partial charge in [0.05, 0.1) is 12.2 Å². The van der Waals surface area contributed by atoms with E-state index in [4.69, 9.17) is 4.74 Å². The Hall–Kier alpha value is -3.06. The number of anilines is 1. The number of carbonyl (C=O) groups is 1. The second-order valence-electron chi connectivity index (χ2n) is 4.79. The largest absolute Gasteiger partial charge is 0.465 e. The number of hydrogen-bond acceptors (Lipinski definition) is 4. The quantitative estimate of drug-likeness (QED) is 0.604. The third-order valence-electron chi connectivity index (χ3n) is 3.18. The summed E-state index contributed by atoms with van der Waals surface area (Å²) in [6.07, 6.45) is 1.68. The maximum absolute atomic E-state index is 11.9. The highest BCUT2D eigenvalue weighted by molar-refractivity contribution is 5.82. The highest BCUT2D eigenvalue weighted by Gasteiger charge is 2.12. The fraction of sp³-hybridized carbons (Fsp3) is 0.158. The normalized spacial score (nSPS) is 10.7. The highest BCUT2D eigenvalue weighted by Crippen LogP contribution is 2.19. The van der Waals surface area contributed by atoms with Gasteiger partial charge in [0.15, 0.2) is 0 Å². The lowest BCUT2D eigenvalue weighted by molar-refractivity contribution is -0.141. The summed E-state index contributed by atoms with van der Waals surface area (Å²) < 4.78 is 5.02. The zero-order valence-corrected chi connectivity index (χ0v) is 13.0. The van der Waals surface area contributed by atoms with Crippen LogP contribution in [0.25, 0.3) is 5.57 Å². The number of ether oxygens (including phenoxy) is 1. The Kier molecular flexibility index (Phi) is 5.96. The van der Waals surface area contributed by atoms with Crippen LogP contribution < -0.4 is 4.90 Å². The Labute approximate surface area is 136 Å². The number of carbonyl (C=O) groups excluding carboxylic acids is 1. The maximum atomic E-state index is 11.9. The fourth-order valence-electron chi connectivity index (χ4n) is 2.12. The molecule has 0 radical (unpaired) electrons. The molecule has 0 aliphatic heterocycles. The molecular formula is C19H18N2O2. The van der Waals surface area contributed by atoms with Gasteiger partial charge in [0, 0.05) is 11.9 Å². The zero-order chi connectivity index (χ0) is 16.5. The first-order valence-electron chi connectivity index (χ1n) is 7.39. The lowest BCUT2D eigenvalue weighted by atomic mass is 10.1. The molecule has 116 valence electrons. The Balaban J connectivity index is 2.35. The van der Waals surface area contributed by atoms with Crippen molar-refractivity contribution >= 4 is 17.2 Å². The lowest BCUT2D eigenvalue weighted by Gasteiger charge is -2.20. The van der Waals surface area contributed by atoms with Gasteiger partial charge in [-0.25, -0.2) is 0 Å². The van der Waals surface area contributed by atoms with Crippen LogP contribution in [0.4, 0.5) is 5.69 Å². The number of hydrogen-bond donors (Lipinski definition) is 0. The molecule has 0 aromatic heterocycles. The van der Waals surface area contributed by atoms with Crippen LogP contribution in [0.2, 0.25) is 0 Å². The predicted molar refractivity (Wildman–Crippen MR) is 90.5 cm³/mol. The van der Waals surface area contributed by atoms with Crippen LogP contribution in [0, 0.1) is 11.3 Å². The molecule has 4 nitrogen and oxygen atoms in total. The molecule has 2 aromatic rings. The van der Waals surface area contributed by atoms with E-state index in [2.05, 4.69) is 6.07 Å². The van der Waals surface area contributed by atoms with Gasteiger partial charge in [0.2, 0.25) is 0 Å². The van der Waals surface area contributed by atoms with Crippen LogP contribution in [0.3, 0.4) is 0 Å². The van der Waals surface area contributed by atoms with Crippen molar-refractivity contribution in [3.05, 3.63) is 72.4 Å². The lowest BCUT2D eigenvalue weighted by Crippen LogP contribution is -2.26. The second kappa shape index (κ2) is 8.40. The van der Waals surface area contributed by atoms with E-state index in [1.165, 1.54) is 0 Å². The molecule has 0 amide bonds. The van der Waals surface area contributed by atoms with Gasteiger partial charge in [-0.05, 0) is 24.6 Å². The Morgan fingerprint density at radius 3 is 2.30 bits per heavy atom. The van der Waals surface area contributed by atoms with Gasteiger partial charge in [-0.3, -0.25) is 4.79 Å². The molecule has 0 atom stereocenters. The minimum absolute atomic E-state index is 0.0515. The van der Waals surface area contributed by atoms with Crippen LogP contribution in [0.5, 0.6) is 0 Å². The number of esters is 1. The van der Waals surface area contributed by atoms with Crippen molar-refractivity contribution in [2.24, 2.45) is 0 Å². The minimum Gasteiger partial charge on any atom is -0.465 e. The molecule has 23 heavy (non-hydrogen) atoms. The van der Waals surface area contributed by atoms with Crippen molar-refractivity contribution in [1.82, 2.24) is 0 Å². The first-order valence-corrected chi connectivity index (χ1v) is 7.39. The van der Waals surface area contributed by atoms with Crippen LogP contribution in [0.15, 0.2) is 66.9 Å². The topological polar surface area (TPSA) is 53.3 Å². The monoisotopic (exact) mass is 306 g/mol. The molecule has 4 heteroatoms. The third-order valence-corrected chi connectivity index (χ3v) is 3.18. The summed E-state index contributed by atoms with van der Waals surface area (Å²) in [6.45, 7) is 2.15.